The molecule has 0 aliphatic heterocycles. The zero-order valence-electron chi connectivity index (χ0n) is 9.36. The van der Waals surface area contributed by atoms with Crippen LogP contribution >= 0.6 is 0 Å². The summed E-state index contributed by atoms with van der Waals surface area (Å²) in [7, 11) is 0. The first kappa shape index (κ1) is 12.2. The summed E-state index contributed by atoms with van der Waals surface area (Å²) in [6.45, 7) is 4.23. The highest BCUT2D eigenvalue weighted by atomic mass is 16.4. The molecule has 1 amide bonds. The lowest BCUT2D eigenvalue weighted by Gasteiger charge is -2.02. The number of aromatic nitrogens is 2. The molecule has 0 aliphatic carbocycles. The van der Waals surface area contributed by atoms with Crippen LogP contribution in [0.2, 0.25) is 0 Å². The van der Waals surface area contributed by atoms with Crippen molar-refractivity contribution < 1.29 is 14.7 Å². The summed E-state index contributed by atoms with van der Waals surface area (Å²) in [5, 5.41) is 15.4. The summed E-state index contributed by atoms with van der Waals surface area (Å²) < 4.78 is 1.34. The number of nitrogens with one attached hydrogen (secondary N) is 1. The third kappa shape index (κ3) is 3.08. The maximum Gasteiger partial charge on any atom is 0.339 e. The van der Waals surface area contributed by atoms with Crippen LogP contribution in [0.3, 0.4) is 0 Å². The summed E-state index contributed by atoms with van der Waals surface area (Å²) in [6.07, 6.45) is 2.23. The van der Waals surface area contributed by atoms with Crippen molar-refractivity contribution in [2.45, 2.75) is 26.8 Å². The zero-order chi connectivity index (χ0) is 12.1. The first-order chi connectivity index (χ1) is 7.54. The molecule has 0 aromatic carbocycles. The maximum absolute atomic E-state index is 11.3. The van der Waals surface area contributed by atoms with Gasteiger partial charge in [0, 0.05) is 12.7 Å². The van der Waals surface area contributed by atoms with E-state index in [9.17, 15) is 9.59 Å². The fourth-order valence-corrected chi connectivity index (χ4v) is 1.28. The highest BCUT2D eigenvalue weighted by molar-refractivity contribution is 5.88. The molecule has 0 aliphatic rings. The van der Waals surface area contributed by atoms with Crippen LogP contribution in [0.25, 0.3) is 0 Å². The summed E-state index contributed by atoms with van der Waals surface area (Å²) in [5.74, 6) is -1.20. The van der Waals surface area contributed by atoms with Crippen LogP contribution in [0.4, 0.5) is 0 Å². The summed E-state index contributed by atoms with van der Waals surface area (Å²) in [5.41, 5.74) is 0.541. The molecule has 0 radical (unpaired) electrons. The lowest BCUT2D eigenvalue weighted by atomic mass is 10.3. The van der Waals surface area contributed by atoms with Crippen LogP contribution in [0.15, 0.2) is 6.20 Å². The Balaban J connectivity index is 2.64. The SMILES string of the molecule is CCCNC(=O)Cn1cc(C(=O)O)c(C)n1. The number of hydrogen-bond donors (Lipinski definition) is 2. The van der Waals surface area contributed by atoms with E-state index >= 15 is 0 Å². The number of amides is 1. The van der Waals surface area contributed by atoms with E-state index in [0.29, 0.717) is 12.2 Å². The van der Waals surface area contributed by atoms with Crippen molar-refractivity contribution >= 4 is 11.9 Å². The minimum atomic E-state index is -1.03. The topological polar surface area (TPSA) is 84.2 Å². The van der Waals surface area contributed by atoms with Gasteiger partial charge in [-0.3, -0.25) is 9.48 Å². The molecule has 2 N–H and O–H groups in total. The molecule has 88 valence electrons. The van der Waals surface area contributed by atoms with Crippen molar-refractivity contribution in [3.8, 4) is 0 Å². The molecule has 0 fully saturated rings. The average Bonchev–Trinajstić information content (AvgIpc) is 2.56. The van der Waals surface area contributed by atoms with Gasteiger partial charge in [-0.1, -0.05) is 6.92 Å². The first-order valence-electron chi connectivity index (χ1n) is 5.08. The highest BCUT2D eigenvalue weighted by Gasteiger charge is 2.12. The molecule has 0 bridgehead atoms. The van der Waals surface area contributed by atoms with E-state index < -0.39 is 5.97 Å². The molecule has 6 heteroatoms. The second-order valence-corrected chi connectivity index (χ2v) is 3.48. The summed E-state index contributed by atoms with van der Waals surface area (Å²) >= 11 is 0. The third-order valence-corrected chi connectivity index (χ3v) is 2.05. The molecule has 1 aromatic rings. The standard InChI is InChI=1S/C10H15N3O3/c1-3-4-11-9(14)6-13-5-8(10(15)16)7(2)12-13/h5H,3-4,6H2,1-2H3,(H,11,14)(H,15,16). The van der Waals surface area contributed by atoms with Gasteiger partial charge in [0.1, 0.15) is 12.1 Å². The smallest absolute Gasteiger partial charge is 0.339 e. The van der Waals surface area contributed by atoms with Gasteiger partial charge in [0.05, 0.1) is 5.69 Å². The number of carboxylic acid groups (broad SMARTS) is 1. The normalized spacial score (nSPS) is 10.1. The molecule has 0 unspecified atom stereocenters. The number of carbonyl (C=O) groups excluding carboxylic acids is 1. The quantitative estimate of drug-likeness (QED) is 0.760. The molecular weight excluding hydrogens is 210 g/mol. The van der Waals surface area contributed by atoms with E-state index in [1.165, 1.54) is 10.9 Å². The number of aryl methyl sites for hydroxylation is 1. The Kier molecular flexibility index (Phi) is 4.04. The largest absolute Gasteiger partial charge is 0.478 e. The lowest BCUT2D eigenvalue weighted by molar-refractivity contribution is -0.121. The van der Waals surface area contributed by atoms with Crippen molar-refractivity contribution in [3.63, 3.8) is 0 Å². The fourth-order valence-electron chi connectivity index (χ4n) is 1.28. The molecular formula is C10H15N3O3. The fraction of sp³-hybridized carbons (Fsp3) is 0.500. The van der Waals surface area contributed by atoms with Crippen LogP contribution in [0.5, 0.6) is 0 Å². The Morgan fingerprint density at radius 3 is 2.75 bits per heavy atom. The Bertz CT molecular complexity index is 398. The van der Waals surface area contributed by atoms with E-state index in [1.54, 1.807) is 6.92 Å². The van der Waals surface area contributed by atoms with Crippen LogP contribution in [0, 0.1) is 6.92 Å². The Labute approximate surface area is 93.3 Å². The van der Waals surface area contributed by atoms with Crippen LogP contribution < -0.4 is 5.32 Å². The van der Waals surface area contributed by atoms with Gasteiger partial charge in [-0.05, 0) is 13.3 Å². The van der Waals surface area contributed by atoms with Crippen molar-refractivity contribution in [1.82, 2.24) is 15.1 Å². The first-order valence-corrected chi connectivity index (χ1v) is 5.08. The average molecular weight is 225 g/mol. The minimum Gasteiger partial charge on any atom is -0.478 e. The summed E-state index contributed by atoms with van der Waals surface area (Å²) in [4.78, 5) is 22.1. The van der Waals surface area contributed by atoms with Gasteiger partial charge < -0.3 is 10.4 Å². The number of rotatable bonds is 5. The highest BCUT2D eigenvalue weighted by Crippen LogP contribution is 2.04. The van der Waals surface area contributed by atoms with Crippen LogP contribution in [-0.4, -0.2) is 33.3 Å². The van der Waals surface area contributed by atoms with Gasteiger partial charge in [0.2, 0.25) is 5.91 Å². The van der Waals surface area contributed by atoms with Gasteiger partial charge in [-0.25, -0.2) is 4.79 Å². The van der Waals surface area contributed by atoms with Crippen molar-refractivity contribution in [2.75, 3.05) is 6.54 Å². The molecule has 16 heavy (non-hydrogen) atoms. The molecule has 0 atom stereocenters. The molecule has 0 saturated heterocycles. The van der Waals surface area contributed by atoms with Crippen LogP contribution in [0.1, 0.15) is 29.4 Å². The Morgan fingerprint density at radius 2 is 2.25 bits per heavy atom. The molecule has 1 heterocycles. The van der Waals surface area contributed by atoms with Crippen LogP contribution in [-0.2, 0) is 11.3 Å². The monoisotopic (exact) mass is 225 g/mol. The molecule has 6 nitrogen and oxygen atoms in total. The number of aromatic carboxylic acids is 1. The maximum atomic E-state index is 11.3. The van der Waals surface area contributed by atoms with E-state index in [2.05, 4.69) is 10.4 Å². The lowest BCUT2D eigenvalue weighted by Crippen LogP contribution is -2.28. The van der Waals surface area contributed by atoms with E-state index in [-0.39, 0.29) is 18.0 Å². The molecule has 1 aromatic heterocycles. The zero-order valence-corrected chi connectivity index (χ0v) is 9.36. The number of nitrogens with zero attached hydrogens (tertiary/aromatic N) is 2. The summed E-state index contributed by atoms with van der Waals surface area (Å²) in [6, 6.07) is 0. The number of carbonyl (C=O) groups is 2. The second kappa shape index (κ2) is 5.29. The van der Waals surface area contributed by atoms with E-state index in [1.807, 2.05) is 6.92 Å². The predicted octanol–water partition coefficient (Wildman–Crippen LogP) is 0.416. The van der Waals surface area contributed by atoms with Gasteiger partial charge in [-0.2, -0.15) is 5.10 Å². The number of carboxylic acids is 1. The van der Waals surface area contributed by atoms with Gasteiger partial charge in [0.15, 0.2) is 0 Å². The third-order valence-electron chi connectivity index (χ3n) is 2.05. The second-order valence-electron chi connectivity index (χ2n) is 3.48. The Hall–Kier alpha value is -1.85. The van der Waals surface area contributed by atoms with Crippen molar-refractivity contribution in [2.24, 2.45) is 0 Å². The molecule has 0 spiro atoms. The predicted molar refractivity (Wildman–Crippen MR) is 57.2 cm³/mol. The molecule has 1 rings (SSSR count). The minimum absolute atomic E-state index is 0.0497. The number of hydrogen-bond acceptors (Lipinski definition) is 3. The Morgan fingerprint density at radius 1 is 1.56 bits per heavy atom. The van der Waals surface area contributed by atoms with Gasteiger partial charge in [-0.15, -0.1) is 0 Å². The van der Waals surface area contributed by atoms with E-state index in [0.717, 1.165) is 6.42 Å². The van der Waals surface area contributed by atoms with Crippen molar-refractivity contribution in [1.29, 1.82) is 0 Å². The van der Waals surface area contributed by atoms with Gasteiger partial charge >= 0.3 is 5.97 Å². The van der Waals surface area contributed by atoms with Gasteiger partial charge in [0.25, 0.3) is 0 Å². The van der Waals surface area contributed by atoms with E-state index in [4.69, 9.17) is 5.11 Å². The van der Waals surface area contributed by atoms with Crippen molar-refractivity contribution in [3.05, 3.63) is 17.5 Å². The molecule has 0 saturated carbocycles.